The second kappa shape index (κ2) is 10.5. The first-order valence-electron chi connectivity index (χ1n) is 9.79. The van der Waals surface area contributed by atoms with E-state index >= 15 is 0 Å². The molecule has 0 radical (unpaired) electrons. The van der Waals surface area contributed by atoms with Crippen LogP contribution in [-0.4, -0.2) is 22.3 Å². The normalized spacial score (nSPS) is 11.0. The number of hydrogen-bond donors (Lipinski definition) is 2. The molecule has 9 heteroatoms. The molecule has 33 heavy (non-hydrogen) atoms. The van der Waals surface area contributed by atoms with Gasteiger partial charge in [0.05, 0.1) is 16.9 Å². The summed E-state index contributed by atoms with van der Waals surface area (Å²) < 4.78 is 5.86. The summed E-state index contributed by atoms with van der Waals surface area (Å²) in [5.74, 6) is 0.242. The molecule has 0 spiro atoms. The van der Waals surface area contributed by atoms with Crippen LogP contribution in [0.1, 0.15) is 21.6 Å². The molecule has 1 aromatic heterocycles. The molecule has 166 valence electrons. The van der Waals surface area contributed by atoms with Crippen LogP contribution < -0.4 is 10.2 Å². The van der Waals surface area contributed by atoms with Crippen LogP contribution in [0.5, 0.6) is 5.75 Å². The van der Waals surface area contributed by atoms with Crippen molar-refractivity contribution in [1.29, 1.82) is 0 Å². The highest BCUT2D eigenvalue weighted by atomic mass is 35.5. The van der Waals surface area contributed by atoms with Crippen molar-refractivity contribution >= 4 is 46.9 Å². The SMILES string of the molecule is O=C(N/N=C\c1ccc(Cl)cc1Cl)c1cc(-c2cccc(OCc3ccc(Cl)cc3)c2)n[nH]1. The number of amides is 1. The Morgan fingerprint density at radius 2 is 1.79 bits per heavy atom. The second-order valence-electron chi connectivity index (χ2n) is 6.97. The third kappa shape index (κ3) is 6.14. The van der Waals surface area contributed by atoms with Crippen LogP contribution in [0.2, 0.25) is 15.1 Å². The molecule has 3 aromatic carbocycles. The Morgan fingerprint density at radius 3 is 2.58 bits per heavy atom. The zero-order chi connectivity index (χ0) is 23.2. The van der Waals surface area contributed by atoms with E-state index in [0.717, 1.165) is 11.1 Å². The summed E-state index contributed by atoms with van der Waals surface area (Å²) >= 11 is 17.9. The van der Waals surface area contributed by atoms with E-state index in [1.807, 2.05) is 48.5 Å². The van der Waals surface area contributed by atoms with E-state index in [2.05, 4.69) is 20.7 Å². The zero-order valence-electron chi connectivity index (χ0n) is 17.1. The molecule has 6 nitrogen and oxygen atoms in total. The summed E-state index contributed by atoms with van der Waals surface area (Å²) in [6.45, 7) is 0.407. The monoisotopic (exact) mass is 498 g/mol. The number of benzene rings is 3. The molecule has 0 saturated carbocycles. The lowest BCUT2D eigenvalue weighted by Crippen LogP contribution is -2.18. The minimum Gasteiger partial charge on any atom is -0.489 e. The Bertz CT molecular complexity index is 1300. The number of carbonyl (C=O) groups is 1. The number of hydrogen-bond acceptors (Lipinski definition) is 4. The van der Waals surface area contributed by atoms with Crippen LogP contribution in [-0.2, 0) is 6.61 Å². The lowest BCUT2D eigenvalue weighted by atomic mass is 10.1. The summed E-state index contributed by atoms with van der Waals surface area (Å²) in [4.78, 5) is 12.4. The molecule has 4 rings (SSSR count). The molecular formula is C24H17Cl3N4O2. The largest absolute Gasteiger partial charge is 0.489 e. The van der Waals surface area contributed by atoms with Crippen molar-refractivity contribution in [3.05, 3.63) is 105 Å². The molecule has 1 heterocycles. The zero-order valence-corrected chi connectivity index (χ0v) is 19.3. The van der Waals surface area contributed by atoms with Gasteiger partial charge in [0.1, 0.15) is 18.1 Å². The van der Waals surface area contributed by atoms with E-state index in [1.165, 1.54) is 6.21 Å². The van der Waals surface area contributed by atoms with Gasteiger partial charge in [-0.3, -0.25) is 9.89 Å². The van der Waals surface area contributed by atoms with Gasteiger partial charge in [-0.2, -0.15) is 10.2 Å². The molecule has 2 N–H and O–H groups in total. The summed E-state index contributed by atoms with van der Waals surface area (Å²) in [6.07, 6.45) is 1.44. The lowest BCUT2D eigenvalue weighted by Gasteiger charge is -2.07. The van der Waals surface area contributed by atoms with Gasteiger partial charge in [0, 0.05) is 21.2 Å². The highest BCUT2D eigenvalue weighted by Gasteiger charge is 2.11. The van der Waals surface area contributed by atoms with E-state index in [1.54, 1.807) is 24.3 Å². The summed E-state index contributed by atoms with van der Waals surface area (Å²) in [5, 5.41) is 12.5. The predicted molar refractivity (Wildman–Crippen MR) is 131 cm³/mol. The van der Waals surface area contributed by atoms with Crippen molar-refractivity contribution in [2.24, 2.45) is 5.10 Å². The van der Waals surface area contributed by atoms with Gasteiger partial charge >= 0.3 is 0 Å². The first kappa shape index (κ1) is 22.9. The minimum absolute atomic E-state index is 0.261. The molecular weight excluding hydrogens is 483 g/mol. The second-order valence-corrected chi connectivity index (χ2v) is 8.25. The predicted octanol–water partition coefficient (Wildman–Crippen LogP) is 6.38. The van der Waals surface area contributed by atoms with E-state index in [-0.39, 0.29) is 5.69 Å². The van der Waals surface area contributed by atoms with Crippen LogP contribution >= 0.6 is 34.8 Å². The van der Waals surface area contributed by atoms with E-state index in [4.69, 9.17) is 39.5 Å². The van der Waals surface area contributed by atoms with Crippen LogP contribution in [0.25, 0.3) is 11.3 Å². The fraction of sp³-hybridized carbons (Fsp3) is 0.0417. The maximum atomic E-state index is 12.4. The number of halogens is 3. The molecule has 0 saturated heterocycles. The fourth-order valence-electron chi connectivity index (χ4n) is 2.91. The van der Waals surface area contributed by atoms with Gasteiger partial charge in [-0.15, -0.1) is 0 Å². The van der Waals surface area contributed by atoms with Gasteiger partial charge in [-0.25, -0.2) is 5.43 Å². The smallest absolute Gasteiger partial charge is 0.289 e. The Labute approximate surface area is 205 Å². The summed E-state index contributed by atoms with van der Waals surface area (Å²) in [6, 6.07) is 21.5. The van der Waals surface area contributed by atoms with Crippen molar-refractivity contribution < 1.29 is 9.53 Å². The molecule has 0 bridgehead atoms. The van der Waals surface area contributed by atoms with Crippen LogP contribution in [0.3, 0.4) is 0 Å². The average molecular weight is 500 g/mol. The molecule has 0 aliphatic rings. The molecule has 0 aliphatic heterocycles. The maximum Gasteiger partial charge on any atom is 0.289 e. The summed E-state index contributed by atoms with van der Waals surface area (Å²) in [5.41, 5.74) is 5.73. The third-order valence-corrected chi connectivity index (χ3v) is 5.42. The van der Waals surface area contributed by atoms with Gasteiger partial charge < -0.3 is 4.74 Å². The van der Waals surface area contributed by atoms with Crippen LogP contribution in [0.4, 0.5) is 0 Å². The number of rotatable bonds is 7. The van der Waals surface area contributed by atoms with Crippen molar-refractivity contribution in [2.45, 2.75) is 6.61 Å². The van der Waals surface area contributed by atoms with Crippen molar-refractivity contribution in [1.82, 2.24) is 15.6 Å². The van der Waals surface area contributed by atoms with Crippen molar-refractivity contribution in [3.63, 3.8) is 0 Å². The molecule has 0 atom stereocenters. The van der Waals surface area contributed by atoms with E-state index in [0.29, 0.717) is 38.7 Å². The number of aromatic nitrogens is 2. The van der Waals surface area contributed by atoms with Crippen molar-refractivity contribution in [2.75, 3.05) is 0 Å². The number of carbonyl (C=O) groups excluding carboxylic acids is 1. The standard InChI is InChI=1S/C24H17Cl3N4O2/c25-18-7-4-15(5-8-18)14-33-20-3-1-2-16(10-20)22-12-23(30-29-22)24(32)31-28-13-17-6-9-19(26)11-21(17)27/h1-13H,14H2,(H,29,30)(H,31,32)/b28-13-. The molecule has 1 amide bonds. The molecule has 0 unspecified atom stereocenters. The average Bonchev–Trinajstić information content (AvgIpc) is 3.31. The first-order chi connectivity index (χ1) is 16.0. The van der Waals surface area contributed by atoms with Gasteiger partial charge in [-0.1, -0.05) is 65.1 Å². The van der Waals surface area contributed by atoms with Crippen molar-refractivity contribution in [3.8, 4) is 17.0 Å². The number of nitrogens with zero attached hydrogens (tertiary/aromatic N) is 2. The molecule has 4 aromatic rings. The molecule has 0 fully saturated rings. The maximum absolute atomic E-state index is 12.4. The highest BCUT2D eigenvalue weighted by Crippen LogP contribution is 2.24. The fourth-order valence-corrected chi connectivity index (χ4v) is 3.49. The van der Waals surface area contributed by atoms with Gasteiger partial charge in [0.2, 0.25) is 0 Å². The Kier molecular flexibility index (Phi) is 7.29. The highest BCUT2D eigenvalue weighted by molar-refractivity contribution is 6.36. The Balaban J connectivity index is 1.39. The van der Waals surface area contributed by atoms with Crippen LogP contribution in [0, 0.1) is 0 Å². The first-order valence-corrected chi connectivity index (χ1v) is 10.9. The minimum atomic E-state index is -0.440. The number of ether oxygens (including phenoxy) is 1. The lowest BCUT2D eigenvalue weighted by molar-refractivity contribution is 0.0950. The third-order valence-electron chi connectivity index (χ3n) is 4.60. The van der Waals surface area contributed by atoms with Crippen LogP contribution in [0.15, 0.2) is 77.9 Å². The molecule has 0 aliphatic carbocycles. The summed E-state index contributed by atoms with van der Waals surface area (Å²) in [7, 11) is 0. The number of aromatic amines is 1. The number of hydrazone groups is 1. The van der Waals surface area contributed by atoms with Gasteiger partial charge in [0.15, 0.2) is 0 Å². The quantitative estimate of drug-likeness (QED) is 0.229. The van der Waals surface area contributed by atoms with E-state index in [9.17, 15) is 4.79 Å². The van der Waals surface area contributed by atoms with Gasteiger partial charge in [-0.05, 0) is 48.0 Å². The number of nitrogens with one attached hydrogen (secondary N) is 2. The number of H-pyrrole nitrogens is 1. The topological polar surface area (TPSA) is 79.4 Å². The Morgan fingerprint density at radius 1 is 1.00 bits per heavy atom. The van der Waals surface area contributed by atoms with E-state index < -0.39 is 5.91 Å². The van der Waals surface area contributed by atoms with Gasteiger partial charge in [0.25, 0.3) is 5.91 Å². The Hall–Kier alpha value is -3.32.